The van der Waals surface area contributed by atoms with Crippen LogP contribution in [0.5, 0.6) is 0 Å². The lowest BCUT2D eigenvalue weighted by atomic mass is 10.1. The summed E-state index contributed by atoms with van der Waals surface area (Å²) in [5, 5.41) is 21.0. The Morgan fingerprint density at radius 3 is 2.56 bits per heavy atom. The lowest BCUT2D eigenvalue weighted by molar-refractivity contribution is -0.385. The number of imide groups is 1. The van der Waals surface area contributed by atoms with E-state index in [9.17, 15) is 24.5 Å². The van der Waals surface area contributed by atoms with Crippen molar-refractivity contribution in [2.24, 2.45) is 5.10 Å². The van der Waals surface area contributed by atoms with E-state index in [1.165, 1.54) is 45.9 Å². The lowest BCUT2D eigenvalue weighted by Gasteiger charge is -2.23. The molecule has 0 spiro atoms. The summed E-state index contributed by atoms with van der Waals surface area (Å²) in [5.74, 6) is -2.11. The number of hydrazone groups is 1. The van der Waals surface area contributed by atoms with Crippen LogP contribution in [0.4, 0.5) is 5.69 Å². The molecule has 0 bridgehead atoms. The van der Waals surface area contributed by atoms with Gasteiger partial charge in [-0.25, -0.2) is 5.01 Å². The van der Waals surface area contributed by atoms with Crippen molar-refractivity contribution < 1.29 is 19.3 Å². The van der Waals surface area contributed by atoms with Gasteiger partial charge in [-0.1, -0.05) is 18.2 Å². The average molecular weight is 467 g/mol. The molecule has 0 fully saturated rings. The van der Waals surface area contributed by atoms with E-state index in [0.717, 1.165) is 20.4 Å². The number of nitrogens with zero attached hydrogens (tertiary/aromatic N) is 4. The zero-order chi connectivity index (χ0) is 22.4. The van der Waals surface area contributed by atoms with Crippen LogP contribution in [-0.4, -0.2) is 44.8 Å². The van der Waals surface area contributed by atoms with E-state index in [4.69, 9.17) is 0 Å². The monoisotopic (exact) mass is 466 g/mol. The maximum Gasteiger partial charge on any atom is 0.282 e. The van der Waals surface area contributed by atoms with Gasteiger partial charge in [-0.3, -0.25) is 29.4 Å². The zero-order valence-electron chi connectivity index (χ0n) is 16.3. The van der Waals surface area contributed by atoms with E-state index in [0.29, 0.717) is 6.42 Å². The summed E-state index contributed by atoms with van der Waals surface area (Å²) in [6.45, 7) is -0.549. The van der Waals surface area contributed by atoms with Crippen molar-refractivity contribution in [2.75, 3.05) is 6.54 Å². The molecule has 5 rings (SSSR count). The summed E-state index contributed by atoms with van der Waals surface area (Å²) >= 11 is 3.01. The Morgan fingerprint density at radius 1 is 1.09 bits per heavy atom. The highest BCUT2D eigenvalue weighted by molar-refractivity contribution is 7.12. The first-order valence-electron chi connectivity index (χ1n) is 9.56. The predicted molar refractivity (Wildman–Crippen MR) is 118 cm³/mol. The number of nitro benzene ring substituents is 1. The molecule has 2 aliphatic rings. The average Bonchev–Trinajstić information content (AvgIpc) is 3.57. The lowest BCUT2D eigenvalue weighted by Crippen LogP contribution is -2.41. The highest BCUT2D eigenvalue weighted by Crippen LogP contribution is 2.37. The molecule has 1 aromatic carbocycles. The number of carbonyl (C=O) groups excluding carboxylic acids is 3. The van der Waals surface area contributed by atoms with Crippen molar-refractivity contribution in [1.82, 2.24) is 9.91 Å². The first-order valence-corrected chi connectivity index (χ1v) is 11.3. The smallest absolute Gasteiger partial charge is 0.271 e. The zero-order valence-corrected chi connectivity index (χ0v) is 18.0. The molecule has 160 valence electrons. The molecular weight excluding hydrogens is 452 g/mol. The van der Waals surface area contributed by atoms with Gasteiger partial charge in [-0.05, 0) is 29.0 Å². The third-order valence-electron chi connectivity index (χ3n) is 5.31. The van der Waals surface area contributed by atoms with Gasteiger partial charge < -0.3 is 0 Å². The molecular formula is C21H14N4O5S2. The highest BCUT2D eigenvalue weighted by atomic mass is 32.1. The van der Waals surface area contributed by atoms with Crippen LogP contribution in [0.25, 0.3) is 0 Å². The predicted octanol–water partition coefficient (Wildman–Crippen LogP) is 3.69. The number of amides is 3. The summed E-state index contributed by atoms with van der Waals surface area (Å²) in [6, 6.07) is 11.1. The molecule has 9 nitrogen and oxygen atoms in total. The van der Waals surface area contributed by atoms with Gasteiger partial charge >= 0.3 is 0 Å². The van der Waals surface area contributed by atoms with Gasteiger partial charge in [-0.15, -0.1) is 22.7 Å². The summed E-state index contributed by atoms with van der Waals surface area (Å²) in [4.78, 5) is 52.1. The van der Waals surface area contributed by atoms with Gasteiger partial charge in [-0.2, -0.15) is 5.10 Å². The van der Waals surface area contributed by atoms with E-state index < -0.39 is 34.9 Å². The molecule has 1 unspecified atom stereocenters. The number of rotatable bonds is 5. The van der Waals surface area contributed by atoms with Crippen molar-refractivity contribution in [3.05, 3.63) is 84.2 Å². The van der Waals surface area contributed by atoms with Gasteiger partial charge in [0.25, 0.3) is 23.4 Å². The van der Waals surface area contributed by atoms with Crippen molar-refractivity contribution in [2.45, 2.75) is 12.5 Å². The first kappa shape index (κ1) is 20.2. The molecule has 0 saturated heterocycles. The molecule has 2 aromatic heterocycles. The van der Waals surface area contributed by atoms with E-state index in [1.807, 2.05) is 35.0 Å². The van der Waals surface area contributed by atoms with Crippen molar-refractivity contribution in [3.63, 3.8) is 0 Å². The summed E-state index contributed by atoms with van der Waals surface area (Å²) < 4.78 is 0. The van der Waals surface area contributed by atoms with Crippen LogP contribution in [-0.2, 0) is 4.79 Å². The van der Waals surface area contributed by atoms with Crippen LogP contribution < -0.4 is 0 Å². The topological polar surface area (TPSA) is 113 Å². The molecule has 0 radical (unpaired) electrons. The van der Waals surface area contributed by atoms with Crippen LogP contribution in [0.2, 0.25) is 0 Å². The van der Waals surface area contributed by atoms with Gasteiger partial charge in [0.15, 0.2) is 0 Å². The SMILES string of the molecule is O=C1c2cccc([N+](=O)[O-])c2C(=O)N1CC(=O)N1N=C(c2cccs2)CC1c1cccs1. The highest BCUT2D eigenvalue weighted by Gasteiger charge is 2.43. The maximum absolute atomic E-state index is 13.2. The van der Waals surface area contributed by atoms with Crippen LogP contribution in [0, 0.1) is 10.1 Å². The minimum Gasteiger partial charge on any atom is -0.271 e. The number of fused-ring (bicyclic) bond motifs is 1. The van der Waals surface area contributed by atoms with Crippen molar-refractivity contribution >= 4 is 51.8 Å². The normalized spacial score (nSPS) is 17.6. The van der Waals surface area contributed by atoms with Gasteiger partial charge in [0.2, 0.25) is 0 Å². The second kappa shape index (κ2) is 7.77. The Kier molecular flexibility index (Phi) is 4.91. The molecule has 11 heteroatoms. The minimum absolute atomic E-state index is 0.0731. The minimum atomic E-state index is -0.847. The van der Waals surface area contributed by atoms with Gasteiger partial charge in [0.05, 0.1) is 27.1 Å². The van der Waals surface area contributed by atoms with Crippen molar-refractivity contribution in [3.8, 4) is 0 Å². The number of hydrogen-bond donors (Lipinski definition) is 0. The Labute approximate surface area is 189 Å². The number of benzene rings is 1. The third kappa shape index (κ3) is 3.22. The second-order valence-corrected chi connectivity index (χ2v) is 9.08. The summed E-state index contributed by atoms with van der Waals surface area (Å²) in [5.41, 5.74) is -0.0542. The Bertz CT molecular complexity index is 1280. The fourth-order valence-corrected chi connectivity index (χ4v) is 5.39. The maximum atomic E-state index is 13.2. The Balaban J connectivity index is 1.44. The molecule has 1 atom stereocenters. The standard InChI is InChI=1S/C21H14N4O5S2/c26-18(11-23-20(27)12-4-1-5-14(25(29)30)19(12)21(23)28)24-15(17-7-3-9-32-17)10-13(22-24)16-6-2-8-31-16/h1-9,15H,10-11H2. The van der Waals surface area contributed by atoms with Crippen LogP contribution >= 0.6 is 22.7 Å². The molecule has 32 heavy (non-hydrogen) atoms. The fraction of sp³-hybridized carbons (Fsp3) is 0.143. The summed E-state index contributed by atoms with van der Waals surface area (Å²) in [6.07, 6.45) is 0.514. The molecule has 2 aliphatic heterocycles. The van der Waals surface area contributed by atoms with Gasteiger partial charge in [0.1, 0.15) is 12.1 Å². The Morgan fingerprint density at radius 2 is 1.88 bits per heavy atom. The van der Waals surface area contributed by atoms with E-state index in [-0.39, 0.29) is 17.2 Å². The second-order valence-electron chi connectivity index (χ2n) is 7.15. The van der Waals surface area contributed by atoms with Crippen molar-refractivity contribution in [1.29, 1.82) is 0 Å². The third-order valence-corrected chi connectivity index (χ3v) is 7.20. The van der Waals surface area contributed by atoms with Crippen LogP contribution in [0.1, 0.15) is 42.9 Å². The quantitative estimate of drug-likeness (QED) is 0.323. The van der Waals surface area contributed by atoms with Gasteiger partial charge in [0, 0.05) is 17.4 Å². The number of carbonyl (C=O) groups is 3. The van der Waals surface area contributed by atoms with Crippen LogP contribution in [0.3, 0.4) is 0 Å². The van der Waals surface area contributed by atoms with E-state index in [2.05, 4.69) is 5.10 Å². The van der Waals surface area contributed by atoms with E-state index in [1.54, 1.807) is 0 Å². The molecule has 0 saturated carbocycles. The molecule has 3 amide bonds. The molecule has 0 N–H and O–H groups in total. The molecule has 0 aliphatic carbocycles. The van der Waals surface area contributed by atoms with Crippen LogP contribution in [0.15, 0.2) is 58.3 Å². The largest absolute Gasteiger partial charge is 0.282 e. The fourth-order valence-electron chi connectivity index (χ4n) is 3.85. The number of hydrogen-bond acceptors (Lipinski definition) is 8. The molecule has 4 heterocycles. The first-order chi connectivity index (χ1) is 15.5. The number of nitro groups is 1. The number of thiophene rings is 2. The Hall–Kier alpha value is -3.70. The molecule has 3 aromatic rings. The summed E-state index contributed by atoms with van der Waals surface area (Å²) in [7, 11) is 0. The van der Waals surface area contributed by atoms with E-state index >= 15 is 0 Å².